The van der Waals surface area contributed by atoms with Crippen LogP contribution >= 0.6 is 22.9 Å². The van der Waals surface area contributed by atoms with Crippen molar-refractivity contribution in [1.82, 2.24) is 4.98 Å². The number of carbonyl (C=O) groups is 2. The smallest absolute Gasteiger partial charge is 0.335 e. The first-order chi connectivity index (χ1) is 8.56. The summed E-state index contributed by atoms with van der Waals surface area (Å²) in [4.78, 5) is 26.4. The highest BCUT2D eigenvalue weighted by Crippen LogP contribution is 2.19. The number of thiazole rings is 1. The molecule has 0 saturated heterocycles. The Labute approximate surface area is 111 Å². The van der Waals surface area contributed by atoms with E-state index in [1.807, 2.05) is 0 Å². The molecule has 0 atom stereocenters. The van der Waals surface area contributed by atoms with E-state index in [4.69, 9.17) is 16.7 Å². The number of aromatic carboxylic acids is 1. The van der Waals surface area contributed by atoms with E-state index in [-0.39, 0.29) is 16.3 Å². The summed E-state index contributed by atoms with van der Waals surface area (Å²) in [7, 11) is 0. The van der Waals surface area contributed by atoms with Crippen molar-refractivity contribution in [3.05, 3.63) is 45.4 Å². The topological polar surface area (TPSA) is 79.3 Å². The molecule has 2 rings (SSSR count). The van der Waals surface area contributed by atoms with Crippen LogP contribution in [0.3, 0.4) is 0 Å². The van der Waals surface area contributed by atoms with Gasteiger partial charge in [0.1, 0.15) is 5.69 Å². The molecule has 18 heavy (non-hydrogen) atoms. The van der Waals surface area contributed by atoms with Gasteiger partial charge in [0.05, 0.1) is 11.1 Å². The third-order valence-corrected chi connectivity index (χ3v) is 2.87. The average Bonchev–Trinajstić information content (AvgIpc) is 2.81. The van der Waals surface area contributed by atoms with Crippen LogP contribution in [-0.4, -0.2) is 22.0 Å². The Hall–Kier alpha value is -1.92. The second-order valence-corrected chi connectivity index (χ2v) is 4.52. The highest BCUT2D eigenvalue weighted by Gasteiger charge is 2.11. The van der Waals surface area contributed by atoms with Crippen LogP contribution < -0.4 is 5.32 Å². The molecule has 0 saturated carbocycles. The molecule has 2 aromatic rings. The maximum atomic E-state index is 11.7. The van der Waals surface area contributed by atoms with Gasteiger partial charge >= 0.3 is 5.97 Å². The van der Waals surface area contributed by atoms with Crippen LogP contribution in [0.5, 0.6) is 0 Å². The van der Waals surface area contributed by atoms with Crippen molar-refractivity contribution < 1.29 is 14.7 Å². The van der Waals surface area contributed by atoms with E-state index in [9.17, 15) is 9.59 Å². The molecule has 1 amide bonds. The average molecular weight is 283 g/mol. The summed E-state index contributed by atoms with van der Waals surface area (Å²) < 4.78 is 0. The predicted octanol–water partition coefficient (Wildman–Crippen LogP) is 2.75. The fourth-order valence-electron chi connectivity index (χ4n) is 1.31. The molecule has 1 aromatic carbocycles. The van der Waals surface area contributed by atoms with Crippen molar-refractivity contribution in [2.75, 3.05) is 5.32 Å². The van der Waals surface area contributed by atoms with E-state index in [1.54, 1.807) is 5.38 Å². The molecular weight excluding hydrogens is 276 g/mol. The number of carbonyl (C=O) groups excluding carboxylic acids is 1. The molecule has 5 nitrogen and oxygen atoms in total. The lowest BCUT2D eigenvalue weighted by atomic mass is 10.2. The van der Waals surface area contributed by atoms with Crippen LogP contribution in [0.4, 0.5) is 5.69 Å². The summed E-state index contributed by atoms with van der Waals surface area (Å²) in [5.74, 6) is -1.52. The van der Waals surface area contributed by atoms with E-state index in [1.165, 1.54) is 35.0 Å². The second kappa shape index (κ2) is 5.16. The van der Waals surface area contributed by atoms with Gasteiger partial charge in [-0.1, -0.05) is 11.6 Å². The summed E-state index contributed by atoms with van der Waals surface area (Å²) in [6, 6.07) is 4.11. The Balaban J connectivity index is 2.24. The van der Waals surface area contributed by atoms with Crippen LogP contribution in [0, 0.1) is 0 Å². The van der Waals surface area contributed by atoms with Gasteiger partial charge in [-0.05, 0) is 18.2 Å². The van der Waals surface area contributed by atoms with E-state index in [0.717, 1.165) is 0 Å². The third kappa shape index (κ3) is 2.85. The van der Waals surface area contributed by atoms with Crippen molar-refractivity contribution in [3.63, 3.8) is 0 Å². The first-order valence-electron chi connectivity index (χ1n) is 4.79. The van der Waals surface area contributed by atoms with Gasteiger partial charge in [0.25, 0.3) is 5.91 Å². The zero-order chi connectivity index (χ0) is 13.1. The quantitative estimate of drug-likeness (QED) is 0.907. The van der Waals surface area contributed by atoms with Crippen LogP contribution in [0.1, 0.15) is 20.8 Å². The van der Waals surface area contributed by atoms with Gasteiger partial charge in [-0.3, -0.25) is 4.79 Å². The van der Waals surface area contributed by atoms with Crippen LogP contribution in [-0.2, 0) is 0 Å². The highest BCUT2D eigenvalue weighted by atomic mass is 35.5. The van der Waals surface area contributed by atoms with E-state index < -0.39 is 11.9 Å². The lowest BCUT2D eigenvalue weighted by Crippen LogP contribution is -2.12. The van der Waals surface area contributed by atoms with Crippen molar-refractivity contribution in [2.24, 2.45) is 0 Å². The number of rotatable bonds is 3. The number of halogens is 1. The van der Waals surface area contributed by atoms with Crippen LogP contribution in [0.2, 0.25) is 5.02 Å². The highest BCUT2D eigenvalue weighted by molar-refractivity contribution is 7.07. The number of aromatic nitrogens is 1. The van der Waals surface area contributed by atoms with Crippen molar-refractivity contribution >= 4 is 40.5 Å². The molecule has 0 radical (unpaired) electrons. The Morgan fingerprint density at radius 2 is 2.11 bits per heavy atom. The zero-order valence-corrected chi connectivity index (χ0v) is 10.5. The fourth-order valence-corrected chi connectivity index (χ4v) is 2.07. The molecule has 0 aliphatic carbocycles. The maximum absolute atomic E-state index is 11.7. The van der Waals surface area contributed by atoms with Gasteiger partial charge in [-0.2, -0.15) is 0 Å². The Bertz CT molecular complexity index is 598. The van der Waals surface area contributed by atoms with E-state index >= 15 is 0 Å². The summed E-state index contributed by atoms with van der Waals surface area (Å²) in [6.45, 7) is 0. The molecule has 0 unspecified atom stereocenters. The summed E-state index contributed by atoms with van der Waals surface area (Å²) in [5, 5.41) is 13.2. The minimum Gasteiger partial charge on any atom is -0.478 e. The molecule has 1 heterocycles. The zero-order valence-electron chi connectivity index (χ0n) is 8.88. The number of carboxylic acids is 1. The molecule has 0 aliphatic rings. The number of carboxylic acid groups (broad SMARTS) is 1. The molecule has 0 aliphatic heterocycles. The Morgan fingerprint density at radius 1 is 1.33 bits per heavy atom. The molecule has 0 bridgehead atoms. The number of hydrogen-bond acceptors (Lipinski definition) is 4. The van der Waals surface area contributed by atoms with Gasteiger partial charge < -0.3 is 10.4 Å². The largest absolute Gasteiger partial charge is 0.478 e. The first kappa shape index (κ1) is 12.5. The standard InChI is InChI=1S/C11H7ClN2O3S/c12-7-1-6(11(16)17)2-8(3-7)14-10(15)9-4-18-5-13-9/h1-5H,(H,14,15)(H,16,17). The summed E-state index contributed by atoms with van der Waals surface area (Å²) in [5.41, 5.74) is 2.14. The van der Waals surface area contributed by atoms with Gasteiger partial charge in [-0.25, -0.2) is 9.78 Å². The summed E-state index contributed by atoms with van der Waals surface area (Å²) >= 11 is 7.07. The predicted molar refractivity (Wildman–Crippen MR) is 68.5 cm³/mol. The Morgan fingerprint density at radius 3 is 2.72 bits per heavy atom. The SMILES string of the molecule is O=C(O)c1cc(Cl)cc(NC(=O)c2cscn2)c1. The minimum absolute atomic E-state index is 0.0103. The van der Waals surface area contributed by atoms with Gasteiger partial charge in [-0.15, -0.1) is 11.3 Å². The van der Waals surface area contributed by atoms with Gasteiger partial charge in [0.2, 0.25) is 0 Å². The maximum Gasteiger partial charge on any atom is 0.335 e. The monoisotopic (exact) mass is 282 g/mol. The van der Waals surface area contributed by atoms with Gasteiger partial charge in [0.15, 0.2) is 0 Å². The number of amides is 1. The number of nitrogens with one attached hydrogen (secondary N) is 1. The van der Waals surface area contributed by atoms with Crippen molar-refractivity contribution in [3.8, 4) is 0 Å². The number of benzene rings is 1. The summed E-state index contributed by atoms with van der Waals surface area (Å²) in [6.07, 6.45) is 0. The van der Waals surface area contributed by atoms with Crippen molar-refractivity contribution in [1.29, 1.82) is 0 Å². The van der Waals surface area contributed by atoms with Crippen LogP contribution in [0.15, 0.2) is 29.1 Å². The van der Waals surface area contributed by atoms with Crippen molar-refractivity contribution in [2.45, 2.75) is 0 Å². The Kier molecular flexibility index (Phi) is 3.59. The molecule has 2 N–H and O–H groups in total. The van der Waals surface area contributed by atoms with Gasteiger partial charge in [0, 0.05) is 16.1 Å². The lowest BCUT2D eigenvalue weighted by molar-refractivity contribution is 0.0696. The number of hydrogen-bond donors (Lipinski definition) is 2. The number of nitrogens with zero attached hydrogens (tertiary/aromatic N) is 1. The molecule has 92 valence electrons. The normalized spacial score (nSPS) is 10.1. The molecule has 7 heteroatoms. The van der Waals surface area contributed by atoms with E-state index in [2.05, 4.69) is 10.3 Å². The molecule has 0 spiro atoms. The fraction of sp³-hybridized carbons (Fsp3) is 0. The molecular formula is C11H7ClN2O3S. The minimum atomic E-state index is -1.11. The first-order valence-corrected chi connectivity index (χ1v) is 6.12. The second-order valence-electron chi connectivity index (χ2n) is 3.36. The number of anilines is 1. The van der Waals surface area contributed by atoms with Crippen LogP contribution in [0.25, 0.3) is 0 Å². The third-order valence-electron chi connectivity index (χ3n) is 2.07. The molecule has 0 fully saturated rings. The molecule has 1 aromatic heterocycles. The van der Waals surface area contributed by atoms with E-state index in [0.29, 0.717) is 5.69 Å². The lowest BCUT2D eigenvalue weighted by Gasteiger charge is -2.05.